The van der Waals surface area contributed by atoms with Crippen molar-refractivity contribution < 1.29 is 4.79 Å². The quantitative estimate of drug-likeness (QED) is 0.545. The zero-order valence-electron chi connectivity index (χ0n) is 6.13. The number of hydrogen-bond donors (Lipinski definition) is 2. The Kier molecular flexibility index (Phi) is 2.11. The van der Waals surface area contributed by atoms with E-state index in [0.29, 0.717) is 6.04 Å². The van der Waals surface area contributed by atoms with Gasteiger partial charge in [-0.05, 0) is 19.8 Å². The minimum atomic E-state index is -0.464. The third kappa shape index (κ3) is 1.60. The molecule has 0 aromatic heterocycles. The molecular weight excluding hydrogens is 130 g/mol. The topological polar surface area (TPSA) is 58.4 Å². The molecule has 1 atom stereocenters. The molecule has 0 aliphatic carbocycles. The summed E-state index contributed by atoms with van der Waals surface area (Å²) in [6, 6.07) is -0.0266. The molecule has 4 heteroatoms. The maximum Gasteiger partial charge on any atom is 0.326 e. The van der Waals surface area contributed by atoms with Crippen LogP contribution in [0.15, 0.2) is 0 Å². The summed E-state index contributed by atoms with van der Waals surface area (Å²) in [4.78, 5) is 10.4. The van der Waals surface area contributed by atoms with E-state index in [-0.39, 0.29) is 0 Å². The van der Waals surface area contributed by atoms with Crippen LogP contribution in [0.1, 0.15) is 19.8 Å². The van der Waals surface area contributed by atoms with Gasteiger partial charge in [0.2, 0.25) is 0 Å². The van der Waals surface area contributed by atoms with Crippen molar-refractivity contribution in [3.63, 3.8) is 0 Å². The Balaban J connectivity index is 2.33. The van der Waals surface area contributed by atoms with Crippen LogP contribution in [0.25, 0.3) is 0 Å². The Morgan fingerprint density at radius 1 is 1.80 bits per heavy atom. The molecule has 0 bridgehead atoms. The van der Waals surface area contributed by atoms with Crippen molar-refractivity contribution in [3.8, 4) is 0 Å². The minimum absolute atomic E-state index is 0.437. The van der Waals surface area contributed by atoms with Crippen LogP contribution in [0.2, 0.25) is 0 Å². The molecular formula is C6H13N3O. The van der Waals surface area contributed by atoms with E-state index in [2.05, 4.69) is 12.3 Å². The molecule has 1 aliphatic rings. The van der Waals surface area contributed by atoms with Crippen LogP contribution in [0, 0.1) is 0 Å². The molecule has 1 fully saturated rings. The number of primary amides is 1. The second-order valence-corrected chi connectivity index (χ2v) is 2.66. The van der Waals surface area contributed by atoms with E-state index >= 15 is 0 Å². The van der Waals surface area contributed by atoms with Gasteiger partial charge in [0.05, 0.1) is 0 Å². The average molecular weight is 143 g/mol. The zero-order valence-corrected chi connectivity index (χ0v) is 6.13. The van der Waals surface area contributed by atoms with Gasteiger partial charge in [0.25, 0.3) is 0 Å². The molecule has 10 heavy (non-hydrogen) atoms. The van der Waals surface area contributed by atoms with Crippen molar-refractivity contribution in [2.75, 3.05) is 6.54 Å². The van der Waals surface area contributed by atoms with Crippen molar-refractivity contribution in [2.24, 2.45) is 5.73 Å². The van der Waals surface area contributed by atoms with Gasteiger partial charge in [-0.1, -0.05) is 0 Å². The summed E-state index contributed by atoms with van der Waals surface area (Å²) in [5, 5.41) is 1.88. The molecule has 0 unspecified atom stereocenters. The lowest BCUT2D eigenvalue weighted by Crippen LogP contribution is -2.46. The van der Waals surface area contributed by atoms with E-state index < -0.39 is 6.03 Å². The second kappa shape index (κ2) is 2.88. The highest BCUT2D eigenvalue weighted by atomic mass is 16.2. The molecule has 0 spiro atoms. The predicted molar refractivity (Wildman–Crippen MR) is 38.1 cm³/mol. The van der Waals surface area contributed by atoms with Crippen LogP contribution >= 0.6 is 0 Å². The van der Waals surface area contributed by atoms with Crippen LogP contribution in [0.3, 0.4) is 0 Å². The Morgan fingerprint density at radius 2 is 2.50 bits per heavy atom. The number of urea groups is 1. The van der Waals surface area contributed by atoms with Crippen molar-refractivity contribution >= 4 is 6.03 Å². The first-order chi connectivity index (χ1) is 4.70. The predicted octanol–water partition coefficient (Wildman–Crippen LogP) is 0.0540. The summed E-state index contributed by atoms with van der Waals surface area (Å²) in [5.41, 5.74) is 7.51. The van der Waals surface area contributed by atoms with Gasteiger partial charge in [0, 0.05) is 12.6 Å². The van der Waals surface area contributed by atoms with E-state index in [1.165, 1.54) is 0 Å². The Hall–Kier alpha value is -0.770. The van der Waals surface area contributed by atoms with Crippen molar-refractivity contribution in [3.05, 3.63) is 0 Å². The summed E-state index contributed by atoms with van der Waals surface area (Å²) in [6.45, 7) is 2.99. The molecule has 0 aromatic rings. The van der Waals surface area contributed by atoms with Crippen molar-refractivity contribution in [1.82, 2.24) is 10.4 Å². The first kappa shape index (κ1) is 7.34. The first-order valence-electron chi connectivity index (χ1n) is 3.53. The van der Waals surface area contributed by atoms with Gasteiger partial charge in [-0.25, -0.2) is 9.80 Å². The average Bonchev–Trinajstić information content (AvgIpc) is 2.15. The summed E-state index contributed by atoms with van der Waals surface area (Å²) < 4.78 is 0. The molecule has 58 valence electrons. The zero-order chi connectivity index (χ0) is 7.56. The van der Waals surface area contributed by atoms with Crippen LogP contribution in [0.5, 0.6) is 0 Å². The molecule has 1 aliphatic heterocycles. The van der Waals surface area contributed by atoms with E-state index in [1.54, 1.807) is 0 Å². The highest BCUT2D eigenvalue weighted by Crippen LogP contribution is 2.12. The molecule has 1 heterocycles. The number of nitrogens with two attached hydrogens (primary N) is 1. The van der Waals surface area contributed by atoms with Crippen LogP contribution in [0.4, 0.5) is 4.79 Å². The summed E-state index contributed by atoms with van der Waals surface area (Å²) >= 11 is 0. The molecule has 3 N–H and O–H groups in total. The van der Waals surface area contributed by atoms with E-state index in [9.17, 15) is 4.79 Å². The largest absolute Gasteiger partial charge is 0.351 e. The van der Waals surface area contributed by atoms with Crippen molar-refractivity contribution in [2.45, 2.75) is 25.8 Å². The van der Waals surface area contributed by atoms with Gasteiger partial charge in [0.15, 0.2) is 0 Å². The normalized spacial score (nSPS) is 26.7. The number of hydrogen-bond acceptors (Lipinski definition) is 2. The van der Waals surface area contributed by atoms with Gasteiger partial charge >= 0.3 is 6.03 Å². The van der Waals surface area contributed by atoms with E-state index in [0.717, 1.165) is 19.4 Å². The number of carbonyl (C=O) groups excluding carboxylic acids is 1. The standard InChI is InChI=1S/C6H13N3O/c1-5-3-2-4-9(5)8-6(7)10/h5H,2-4H2,1H3,(H3,7,8,10)/t5-/m1/s1. The molecule has 0 radical (unpaired) electrons. The number of nitrogens with zero attached hydrogens (tertiary/aromatic N) is 1. The van der Waals surface area contributed by atoms with Gasteiger partial charge < -0.3 is 5.73 Å². The molecule has 2 amide bonds. The maximum absolute atomic E-state index is 10.4. The second-order valence-electron chi connectivity index (χ2n) is 2.66. The Labute approximate surface area is 60.3 Å². The van der Waals surface area contributed by atoms with Crippen LogP contribution < -0.4 is 11.2 Å². The fourth-order valence-electron chi connectivity index (χ4n) is 1.24. The highest BCUT2D eigenvalue weighted by Gasteiger charge is 2.20. The lowest BCUT2D eigenvalue weighted by molar-refractivity contribution is 0.178. The van der Waals surface area contributed by atoms with Crippen LogP contribution in [-0.2, 0) is 0 Å². The first-order valence-corrected chi connectivity index (χ1v) is 3.53. The van der Waals surface area contributed by atoms with Gasteiger partial charge in [-0.3, -0.25) is 5.43 Å². The summed E-state index contributed by atoms with van der Waals surface area (Å²) in [5.74, 6) is 0. The fourth-order valence-corrected chi connectivity index (χ4v) is 1.24. The Bertz CT molecular complexity index is 137. The molecule has 1 rings (SSSR count). The van der Waals surface area contributed by atoms with E-state index in [4.69, 9.17) is 5.73 Å². The van der Waals surface area contributed by atoms with Crippen LogP contribution in [-0.4, -0.2) is 23.6 Å². The van der Waals surface area contributed by atoms with E-state index in [1.807, 2.05) is 5.01 Å². The number of amides is 2. The number of hydrazine groups is 1. The molecule has 0 saturated carbocycles. The lowest BCUT2D eigenvalue weighted by atomic mass is 10.3. The third-order valence-corrected chi connectivity index (χ3v) is 1.81. The summed E-state index contributed by atoms with van der Waals surface area (Å²) in [6.07, 6.45) is 2.28. The highest BCUT2D eigenvalue weighted by molar-refractivity contribution is 5.71. The third-order valence-electron chi connectivity index (χ3n) is 1.81. The summed E-state index contributed by atoms with van der Waals surface area (Å²) in [7, 11) is 0. The van der Waals surface area contributed by atoms with Gasteiger partial charge in [-0.2, -0.15) is 0 Å². The van der Waals surface area contributed by atoms with Gasteiger partial charge in [-0.15, -0.1) is 0 Å². The fraction of sp³-hybridized carbons (Fsp3) is 0.833. The lowest BCUT2D eigenvalue weighted by Gasteiger charge is -2.19. The number of nitrogens with one attached hydrogen (secondary N) is 1. The molecule has 4 nitrogen and oxygen atoms in total. The monoisotopic (exact) mass is 143 g/mol. The molecule has 1 saturated heterocycles. The SMILES string of the molecule is C[C@@H]1CCCN1NC(N)=O. The number of rotatable bonds is 1. The number of carbonyl (C=O) groups is 1. The molecule has 0 aromatic carbocycles. The minimum Gasteiger partial charge on any atom is -0.351 e. The van der Waals surface area contributed by atoms with Crippen molar-refractivity contribution in [1.29, 1.82) is 0 Å². The Morgan fingerprint density at radius 3 is 2.90 bits per heavy atom. The smallest absolute Gasteiger partial charge is 0.326 e. The van der Waals surface area contributed by atoms with Gasteiger partial charge in [0.1, 0.15) is 0 Å². The maximum atomic E-state index is 10.4.